The summed E-state index contributed by atoms with van der Waals surface area (Å²) in [5, 5.41) is 12.2. The van der Waals surface area contributed by atoms with E-state index in [1.165, 1.54) is 0 Å². The average Bonchev–Trinajstić information content (AvgIpc) is 2.62. The molecule has 4 nitrogen and oxygen atoms in total. The maximum atomic E-state index is 11.6. The monoisotopic (exact) mass is 215 g/mol. The van der Waals surface area contributed by atoms with Crippen LogP contribution in [0.4, 0.5) is 0 Å². The predicted octanol–water partition coefficient (Wildman–Crippen LogP) is 0.831. The second-order valence-electron chi connectivity index (χ2n) is 4.20. The maximum Gasteiger partial charge on any atom is 0.249 e. The molecule has 4 heteroatoms. The fourth-order valence-electron chi connectivity index (χ4n) is 1.76. The molecule has 2 N–H and O–H groups in total. The normalized spacial score (nSPS) is 27.7. The first-order valence-electron chi connectivity index (χ1n) is 5.74. The lowest BCUT2D eigenvalue weighted by molar-refractivity contribution is -0.132. The zero-order chi connectivity index (χ0) is 11.3. The number of ether oxygens (including phenoxy) is 1. The van der Waals surface area contributed by atoms with Gasteiger partial charge in [-0.1, -0.05) is 13.3 Å². The second kappa shape index (κ2) is 6.08. The molecular formula is C11H21NO3. The number of carbonyl (C=O) groups is 1. The first-order valence-corrected chi connectivity index (χ1v) is 5.74. The van der Waals surface area contributed by atoms with Crippen LogP contribution in [0.15, 0.2) is 0 Å². The van der Waals surface area contributed by atoms with Crippen molar-refractivity contribution in [2.24, 2.45) is 0 Å². The molecule has 1 aliphatic rings. The van der Waals surface area contributed by atoms with Crippen LogP contribution in [0.1, 0.15) is 39.5 Å². The Labute approximate surface area is 91.0 Å². The summed E-state index contributed by atoms with van der Waals surface area (Å²) in [6.45, 7) is 4.31. The van der Waals surface area contributed by atoms with Crippen LogP contribution >= 0.6 is 0 Å². The molecule has 3 unspecified atom stereocenters. The quantitative estimate of drug-likeness (QED) is 0.714. The number of nitrogens with one attached hydrogen (secondary N) is 1. The molecule has 88 valence electrons. The topological polar surface area (TPSA) is 58.6 Å². The van der Waals surface area contributed by atoms with Gasteiger partial charge in [0.05, 0.1) is 12.2 Å². The molecule has 15 heavy (non-hydrogen) atoms. The summed E-state index contributed by atoms with van der Waals surface area (Å²) >= 11 is 0. The lowest BCUT2D eigenvalue weighted by atomic mass is 10.2. The summed E-state index contributed by atoms with van der Waals surface area (Å²) in [5.74, 6) is -0.0884. The molecular weight excluding hydrogens is 194 g/mol. The Hall–Kier alpha value is -0.610. The van der Waals surface area contributed by atoms with Crippen molar-refractivity contribution in [1.29, 1.82) is 0 Å². The summed E-state index contributed by atoms with van der Waals surface area (Å²) in [5.41, 5.74) is 0. The van der Waals surface area contributed by atoms with Crippen molar-refractivity contribution in [2.45, 2.75) is 57.8 Å². The highest BCUT2D eigenvalue weighted by Crippen LogP contribution is 2.18. The number of aliphatic hydroxyl groups excluding tert-OH is 1. The summed E-state index contributed by atoms with van der Waals surface area (Å²) in [6.07, 6.45) is 2.82. The van der Waals surface area contributed by atoms with Gasteiger partial charge in [-0.05, 0) is 26.2 Å². The van der Waals surface area contributed by atoms with Gasteiger partial charge < -0.3 is 15.2 Å². The molecule has 0 aliphatic carbocycles. The fourth-order valence-corrected chi connectivity index (χ4v) is 1.76. The summed E-state index contributed by atoms with van der Waals surface area (Å²) in [7, 11) is 0. The summed E-state index contributed by atoms with van der Waals surface area (Å²) in [4.78, 5) is 11.6. The zero-order valence-corrected chi connectivity index (χ0v) is 9.53. The number of carbonyl (C=O) groups excluding carboxylic acids is 1. The molecule has 1 saturated heterocycles. The molecule has 1 fully saturated rings. The number of aliphatic hydroxyl groups is 1. The Bertz CT molecular complexity index is 208. The van der Waals surface area contributed by atoms with Crippen LogP contribution in [-0.4, -0.2) is 35.9 Å². The maximum absolute atomic E-state index is 11.6. The van der Waals surface area contributed by atoms with E-state index in [4.69, 9.17) is 4.74 Å². The van der Waals surface area contributed by atoms with E-state index >= 15 is 0 Å². The van der Waals surface area contributed by atoms with E-state index in [-0.39, 0.29) is 18.1 Å². The minimum atomic E-state index is -0.433. The van der Waals surface area contributed by atoms with E-state index in [0.717, 1.165) is 25.7 Å². The van der Waals surface area contributed by atoms with E-state index in [2.05, 4.69) is 5.32 Å². The van der Waals surface area contributed by atoms with Gasteiger partial charge in [-0.2, -0.15) is 0 Å². The van der Waals surface area contributed by atoms with Gasteiger partial charge >= 0.3 is 0 Å². The molecule has 0 aromatic heterocycles. The molecule has 1 aliphatic heterocycles. The lowest BCUT2D eigenvalue weighted by Crippen LogP contribution is -2.39. The molecule has 0 bridgehead atoms. The minimum absolute atomic E-state index is 0.0884. The smallest absolute Gasteiger partial charge is 0.249 e. The molecule has 0 aromatic rings. The van der Waals surface area contributed by atoms with Gasteiger partial charge in [-0.3, -0.25) is 4.79 Å². The second-order valence-corrected chi connectivity index (χ2v) is 4.20. The third-order valence-corrected chi connectivity index (χ3v) is 2.66. The summed E-state index contributed by atoms with van der Waals surface area (Å²) < 4.78 is 5.42. The van der Waals surface area contributed by atoms with Crippen LogP contribution in [0, 0.1) is 0 Å². The lowest BCUT2D eigenvalue weighted by Gasteiger charge is -2.14. The Balaban J connectivity index is 2.18. The van der Waals surface area contributed by atoms with Crippen molar-refractivity contribution in [2.75, 3.05) is 6.54 Å². The van der Waals surface area contributed by atoms with Crippen LogP contribution in [0.2, 0.25) is 0 Å². The van der Waals surface area contributed by atoms with Crippen molar-refractivity contribution in [3.8, 4) is 0 Å². The van der Waals surface area contributed by atoms with Crippen molar-refractivity contribution in [3.05, 3.63) is 0 Å². The van der Waals surface area contributed by atoms with E-state index < -0.39 is 6.10 Å². The van der Waals surface area contributed by atoms with E-state index in [0.29, 0.717) is 6.54 Å². The van der Waals surface area contributed by atoms with Gasteiger partial charge in [0.1, 0.15) is 6.10 Å². The van der Waals surface area contributed by atoms with Crippen LogP contribution < -0.4 is 5.32 Å². The highest BCUT2D eigenvalue weighted by molar-refractivity contribution is 5.81. The number of rotatable bonds is 5. The van der Waals surface area contributed by atoms with Gasteiger partial charge in [0.15, 0.2) is 0 Å². The molecule has 0 spiro atoms. The van der Waals surface area contributed by atoms with Crippen LogP contribution in [0.5, 0.6) is 0 Å². The van der Waals surface area contributed by atoms with E-state index in [9.17, 15) is 9.90 Å². The SMILES string of the molecule is CCCC(O)CNC(=O)C1CCC(C)O1. The highest BCUT2D eigenvalue weighted by atomic mass is 16.5. The number of hydrogen-bond donors (Lipinski definition) is 2. The van der Waals surface area contributed by atoms with Crippen LogP contribution in [0.3, 0.4) is 0 Å². The number of amides is 1. The molecule has 1 heterocycles. The molecule has 1 amide bonds. The van der Waals surface area contributed by atoms with Crippen molar-refractivity contribution >= 4 is 5.91 Å². The Morgan fingerprint density at radius 2 is 2.33 bits per heavy atom. The Morgan fingerprint density at radius 1 is 1.60 bits per heavy atom. The molecule has 0 radical (unpaired) electrons. The van der Waals surface area contributed by atoms with Gasteiger partial charge in [-0.15, -0.1) is 0 Å². The van der Waals surface area contributed by atoms with Crippen molar-refractivity contribution in [3.63, 3.8) is 0 Å². The molecule has 0 saturated carbocycles. The van der Waals surface area contributed by atoms with Crippen molar-refractivity contribution < 1.29 is 14.6 Å². The van der Waals surface area contributed by atoms with E-state index in [1.807, 2.05) is 13.8 Å². The van der Waals surface area contributed by atoms with Crippen LogP contribution in [0.25, 0.3) is 0 Å². The van der Waals surface area contributed by atoms with E-state index in [1.54, 1.807) is 0 Å². The largest absolute Gasteiger partial charge is 0.391 e. The fraction of sp³-hybridized carbons (Fsp3) is 0.909. The molecule has 3 atom stereocenters. The Kier molecular flexibility index (Phi) is 5.05. The predicted molar refractivity (Wildman–Crippen MR) is 57.5 cm³/mol. The number of hydrogen-bond acceptors (Lipinski definition) is 3. The molecule has 0 aromatic carbocycles. The van der Waals surface area contributed by atoms with Gasteiger partial charge in [0.25, 0.3) is 0 Å². The minimum Gasteiger partial charge on any atom is -0.391 e. The molecule has 1 rings (SSSR count). The standard InChI is InChI=1S/C11H21NO3/c1-3-4-9(13)7-12-11(14)10-6-5-8(2)15-10/h8-10,13H,3-7H2,1-2H3,(H,12,14). The van der Waals surface area contributed by atoms with Gasteiger partial charge in [-0.25, -0.2) is 0 Å². The average molecular weight is 215 g/mol. The first-order chi connectivity index (χ1) is 7.13. The zero-order valence-electron chi connectivity index (χ0n) is 9.53. The third-order valence-electron chi connectivity index (χ3n) is 2.66. The first kappa shape index (κ1) is 12.5. The van der Waals surface area contributed by atoms with Crippen molar-refractivity contribution in [1.82, 2.24) is 5.32 Å². The van der Waals surface area contributed by atoms with Gasteiger partial charge in [0, 0.05) is 6.54 Å². The highest BCUT2D eigenvalue weighted by Gasteiger charge is 2.27. The Morgan fingerprint density at radius 3 is 2.87 bits per heavy atom. The van der Waals surface area contributed by atoms with Crippen LogP contribution in [-0.2, 0) is 9.53 Å². The van der Waals surface area contributed by atoms with Gasteiger partial charge in [0.2, 0.25) is 5.91 Å². The summed E-state index contributed by atoms with van der Waals surface area (Å²) in [6, 6.07) is 0. The third kappa shape index (κ3) is 4.18.